The fourth-order valence-corrected chi connectivity index (χ4v) is 1.92. The van der Waals surface area contributed by atoms with E-state index in [2.05, 4.69) is 15.9 Å². The molecule has 0 heterocycles. The highest BCUT2D eigenvalue weighted by atomic mass is 79.9. The van der Waals surface area contributed by atoms with Gasteiger partial charge in [0.05, 0.1) is 0 Å². The van der Waals surface area contributed by atoms with Crippen molar-refractivity contribution in [1.29, 1.82) is 0 Å². The van der Waals surface area contributed by atoms with Gasteiger partial charge in [-0.2, -0.15) is 0 Å². The Morgan fingerprint density at radius 2 is 1.89 bits per heavy atom. The summed E-state index contributed by atoms with van der Waals surface area (Å²) in [6.45, 7) is 0.137. The third kappa shape index (κ3) is 3.72. The Kier molecular flexibility index (Phi) is 4.45. The van der Waals surface area contributed by atoms with Crippen LogP contribution in [0.5, 0.6) is 5.75 Å². The van der Waals surface area contributed by atoms with Gasteiger partial charge in [0.15, 0.2) is 0 Å². The lowest BCUT2D eigenvalue weighted by Gasteiger charge is -2.07. The molecule has 2 aromatic carbocycles. The number of esters is 1. The minimum Gasteiger partial charge on any atom is -0.507 e. The van der Waals surface area contributed by atoms with Crippen LogP contribution in [0.25, 0.3) is 0 Å². The summed E-state index contributed by atoms with van der Waals surface area (Å²) < 4.78 is 6.07. The lowest BCUT2D eigenvalue weighted by atomic mass is 10.2. The molecule has 0 aliphatic carbocycles. The van der Waals surface area contributed by atoms with Gasteiger partial charge in [-0.25, -0.2) is 4.79 Å². The van der Waals surface area contributed by atoms with Crippen molar-refractivity contribution in [2.45, 2.75) is 6.61 Å². The molecule has 0 unspecified atom stereocenters. The monoisotopic (exact) mass is 340 g/mol. The second-order valence-electron chi connectivity index (χ2n) is 3.86. The van der Waals surface area contributed by atoms with Gasteiger partial charge >= 0.3 is 5.97 Å². The Balaban J connectivity index is 2.05. The number of carbonyl (C=O) groups is 1. The molecule has 0 atom stereocenters. The summed E-state index contributed by atoms with van der Waals surface area (Å²) in [6.07, 6.45) is 0. The van der Waals surface area contributed by atoms with E-state index >= 15 is 0 Å². The van der Waals surface area contributed by atoms with E-state index in [4.69, 9.17) is 16.3 Å². The third-order valence-corrected chi connectivity index (χ3v) is 3.23. The van der Waals surface area contributed by atoms with Crippen LogP contribution in [0, 0.1) is 0 Å². The first kappa shape index (κ1) is 13.9. The van der Waals surface area contributed by atoms with Gasteiger partial charge < -0.3 is 9.84 Å². The van der Waals surface area contributed by atoms with E-state index in [1.54, 1.807) is 0 Å². The highest BCUT2D eigenvalue weighted by Crippen LogP contribution is 2.22. The molecule has 2 aromatic rings. The van der Waals surface area contributed by atoms with Crippen molar-refractivity contribution in [3.05, 3.63) is 63.1 Å². The van der Waals surface area contributed by atoms with Crippen molar-refractivity contribution in [1.82, 2.24) is 0 Å². The highest BCUT2D eigenvalue weighted by Gasteiger charge is 2.13. The molecular formula is C14H10BrClO3. The number of ether oxygens (including phenoxy) is 1. The van der Waals surface area contributed by atoms with Gasteiger partial charge in [-0.05, 0) is 35.9 Å². The normalized spacial score (nSPS) is 10.2. The molecule has 0 saturated carbocycles. The first-order chi connectivity index (χ1) is 9.06. The molecule has 0 aliphatic heterocycles. The molecule has 1 N–H and O–H groups in total. The number of carbonyl (C=O) groups excluding carboxylic acids is 1. The zero-order valence-corrected chi connectivity index (χ0v) is 12.1. The third-order valence-electron chi connectivity index (χ3n) is 2.46. The largest absolute Gasteiger partial charge is 0.507 e. The molecule has 0 amide bonds. The highest BCUT2D eigenvalue weighted by molar-refractivity contribution is 9.10. The molecule has 0 saturated heterocycles. The van der Waals surface area contributed by atoms with E-state index < -0.39 is 5.97 Å². The average Bonchev–Trinajstić information content (AvgIpc) is 2.40. The molecule has 0 aliphatic rings. The first-order valence-electron chi connectivity index (χ1n) is 5.46. The summed E-state index contributed by atoms with van der Waals surface area (Å²) in [6, 6.07) is 11.6. The van der Waals surface area contributed by atoms with E-state index in [0.717, 1.165) is 10.0 Å². The second kappa shape index (κ2) is 6.08. The average molecular weight is 342 g/mol. The predicted molar refractivity (Wildman–Crippen MR) is 76.4 cm³/mol. The van der Waals surface area contributed by atoms with Crippen LogP contribution in [-0.4, -0.2) is 11.1 Å². The maximum absolute atomic E-state index is 11.8. The van der Waals surface area contributed by atoms with Gasteiger partial charge in [0, 0.05) is 9.50 Å². The van der Waals surface area contributed by atoms with E-state index in [1.165, 1.54) is 18.2 Å². The molecule has 98 valence electrons. The standard InChI is InChI=1S/C14H10BrClO3/c15-10-3-1-9(2-4-10)8-19-14(18)12-7-11(16)5-6-13(12)17/h1-7,17H,8H2. The molecule has 5 heteroatoms. The maximum Gasteiger partial charge on any atom is 0.342 e. The van der Waals surface area contributed by atoms with E-state index in [1.807, 2.05) is 24.3 Å². The van der Waals surface area contributed by atoms with E-state index in [-0.39, 0.29) is 17.9 Å². The van der Waals surface area contributed by atoms with Crippen LogP contribution in [0.1, 0.15) is 15.9 Å². The summed E-state index contributed by atoms with van der Waals surface area (Å²) >= 11 is 9.10. The van der Waals surface area contributed by atoms with Crippen molar-refractivity contribution in [3.63, 3.8) is 0 Å². The number of rotatable bonds is 3. The molecule has 0 bridgehead atoms. The molecule has 0 radical (unpaired) electrons. The Labute approximate surface area is 123 Å². The number of hydrogen-bond donors (Lipinski definition) is 1. The number of phenols is 1. The number of phenolic OH excluding ortho intramolecular Hbond substituents is 1. The van der Waals surface area contributed by atoms with Crippen LogP contribution in [0.4, 0.5) is 0 Å². The minimum atomic E-state index is -0.608. The fraction of sp³-hybridized carbons (Fsp3) is 0.0714. The van der Waals surface area contributed by atoms with Crippen LogP contribution in [0.3, 0.4) is 0 Å². The predicted octanol–water partition coefficient (Wildman–Crippen LogP) is 4.17. The molecule has 0 aromatic heterocycles. The smallest absolute Gasteiger partial charge is 0.342 e. The fourth-order valence-electron chi connectivity index (χ4n) is 1.48. The van der Waals surface area contributed by atoms with Gasteiger partial charge in [0.1, 0.15) is 17.9 Å². The molecule has 3 nitrogen and oxygen atoms in total. The summed E-state index contributed by atoms with van der Waals surface area (Å²) in [5.74, 6) is -0.756. The van der Waals surface area contributed by atoms with Gasteiger partial charge in [-0.15, -0.1) is 0 Å². The zero-order chi connectivity index (χ0) is 13.8. The Bertz CT molecular complexity index is 596. The number of halogens is 2. The number of aromatic hydroxyl groups is 1. The Morgan fingerprint density at radius 3 is 2.58 bits per heavy atom. The van der Waals surface area contributed by atoms with Crippen LogP contribution < -0.4 is 0 Å². The summed E-state index contributed by atoms with van der Waals surface area (Å²) in [7, 11) is 0. The van der Waals surface area contributed by atoms with Gasteiger partial charge in [0.25, 0.3) is 0 Å². The lowest BCUT2D eigenvalue weighted by molar-refractivity contribution is 0.0469. The van der Waals surface area contributed by atoms with Gasteiger partial charge in [-0.3, -0.25) is 0 Å². The topological polar surface area (TPSA) is 46.5 Å². The molecule has 0 spiro atoms. The molecule has 0 fully saturated rings. The van der Waals surface area contributed by atoms with Crippen LogP contribution in [0.2, 0.25) is 5.02 Å². The van der Waals surface area contributed by atoms with Crippen LogP contribution >= 0.6 is 27.5 Å². The van der Waals surface area contributed by atoms with Crippen molar-refractivity contribution < 1.29 is 14.6 Å². The van der Waals surface area contributed by atoms with Crippen molar-refractivity contribution in [2.24, 2.45) is 0 Å². The van der Waals surface area contributed by atoms with E-state index in [0.29, 0.717) is 5.02 Å². The Morgan fingerprint density at radius 1 is 1.21 bits per heavy atom. The van der Waals surface area contributed by atoms with E-state index in [9.17, 15) is 9.90 Å². The van der Waals surface area contributed by atoms with Crippen molar-refractivity contribution in [2.75, 3.05) is 0 Å². The molecule has 2 rings (SSSR count). The minimum absolute atomic E-state index is 0.0598. The van der Waals surface area contributed by atoms with Crippen molar-refractivity contribution >= 4 is 33.5 Å². The van der Waals surface area contributed by atoms with Crippen molar-refractivity contribution in [3.8, 4) is 5.75 Å². The molecular weight excluding hydrogens is 332 g/mol. The second-order valence-corrected chi connectivity index (χ2v) is 5.22. The number of hydrogen-bond acceptors (Lipinski definition) is 3. The molecule has 19 heavy (non-hydrogen) atoms. The summed E-state index contributed by atoms with van der Waals surface area (Å²) in [5.41, 5.74) is 0.919. The number of benzene rings is 2. The summed E-state index contributed by atoms with van der Waals surface area (Å²) in [4.78, 5) is 11.8. The quantitative estimate of drug-likeness (QED) is 0.853. The first-order valence-corrected chi connectivity index (χ1v) is 6.63. The summed E-state index contributed by atoms with van der Waals surface area (Å²) in [5, 5.41) is 9.94. The van der Waals surface area contributed by atoms with Crippen LogP contribution in [-0.2, 0) is 11.3 Å². The maximum atomic E-state index is 11.8. The van der Waals surface area contributed by atoms with Gasteiger partial charge in [0.2, 0.25) is 0 Å². The van der Waals surface area contributed by atoms with Crippen LogP contribution in [0.15, 0.2) is 46.9 Å². The SMILES string of the molecule is O=C(OCc1ccc(Br)cc1)c1cc(Cl)ccc1O. The van der Waals surface area contributed by atoms with Gasteiger partial charge in [-0.1, -0.05) is 39.7 Å². The Hall–Kier alpha value is -1.52. The lowest BCUT2D eigenvalue weighted by Crippen LogP contribution is -2.05. The zero-order valence-electron chi connectivity index (χ0n) is 9.77.